The first-order valence-corrected chi connectivity index (χ1v) is 7.12. The van der Waals surface area contributed by atoms with Crippen molar-refractivity contribution in [1.29, 1.82) is 0 Å². The van der Waals surface area contributed by atoms with Crippen LogP contribution >= 0.6 is 0 Å². The fraction of sp³-hybridized carbons (Fsp3) is 0.467. The summed E-state index contributed by atoms with van der Waals surface area (Å²) in [6.07, 6.45) is 5.20. The molecule has 1 aliphatic rings. The van der Waals surface area contributed by atoms with E-state index in [-0.39, 0.29) is 0 Å². The van der Waals surface area contributed by atoms with Crippen LogP contribution in [0.5, 0.6) is 0 Å². The number of hydrogen-bond donors (Lipinski definition) is 2. The largest absolute Gasteiger partial charge is 0.372 e. The molecule has 5 heteroatoms. The van der Waals surface area contributed by atoms with Crippen molar-refractivity contribution in [1.82, 2.24) is 5.43 Å². The topological polar surface area (TPSA) is 70.7 Å². The van der Waals surface area contributed by atoms with Gasteiger partial charge in [0.1, 0.15) is 0 Å². The van der Waals surface area contributed by atoms with Crippen LogP contribution in [0.1, 0.15) is 38.2 Å². The van der Waals surface area contributed by atoms with Crippen molar-refractivity contribution in [3.05, 3.63) is 29.8 Å². The number of hydrazone groups is 1. The van der Waals surface area contributed by atoms with Gasteiger partial charge in [0.05, 0.1) is 5.71 Å². The first kappa shape index (κ1) is 14.4. The van der Waals surface area contributed by atoms with E-state index in [9.17, 15) is 4.79 Å². The van der Waals surface area contributed by atoms with Gasteiger partial charge >= 0.3 is 6.03 Å². The maximum Gasteiger partial charge on any atom is 0.332 e. The van der Waals surface area contributed by atoms with Gasteiger partial charge in [-0.25, -0.2) is 10.2 Å². The molecule has 0 unspecified atom stereocenters. The van der Waals surface area contributed by atoms with Gasteiger partial charge in [-0.2, -0.15) is 5.10 Å². The van der Waals surface area contributed by atoms with Gasteiger partial charge in [-0.05, 0) is 37.5 Å². The van der Waals surface area contributed by atoms with Gasteiger partial charge in [0.25, 0.3) is 0 Å². The highest BCUT2D eigenvalue weighted by Crippen LogP contribution is 2.20. The standard InChI is InChI=1S/C15H22N4O/c1-12(17-18-15(16)20)13-6-8-14(9-7-13)19-10-4-2-3-5-11-19/h6-9H,2-5,10-11H2,1H3,(H3,16,18,20)/b17-12+. The summed E-state index contributed by atoms with van der Waals surface area (Å²) < 4.78 is 0. The molecule has 0 radical (unpaired) electrons. The minimum absolute atomic E-state index is 0.648. The van der Waals surface area contributed by atoms with E-state index in [0.29, 0.717) is 0 Å². The van der Waals surface area contributed by atoms with Gasteiger partial charge in [0.2, 0.25) is 0 Å². The van der Waals surface area contributed by atoms with Crippen molar-refractivity contribution in [2.45, 2.75) is 32.6 Å². The molecule has 2 rings (SSSR count). The Morgan fingerprint density at radius 1 is 1.15 bits per heavy atom. The molecule has 1 aromatic rings. The molecule has 5 nitrogen and oxygen atoms in total. The summed E-state index contributed by atoms with van der Waals surface area (Å²) in [7, 11) is 0. The quantitative estimate of drug-likeness (QED) is 0.656. The van der Waals surface area contributed by atoms with E-state index >= 15 is 0 Å². The third-order valence-corrected chi connectivity index (χ3v) is 3.59. The summed E-state index contributed by atoms with van der Waals surface area (Å²) in [6, 6.07) is 7.64. The van der Waals surface area contributed by atoms with Crippen molar-refractivity contribution in [2.24, 2.45) is 10.8 Å². The van der Waals surface area contributed by atoms with E-state index in [0.717, 1.165) is 24.4 Å². The van der Waals surface area contributed by atoms with Crippen LogP contribution in [-0.4, -0.2) is 24.8 Å². The Labute approximate surface area is 119 Å². The van der Waals surface area contributed by atoms with Crippen molar-refractivity contribution < 1.29 is 4.79 Å². The zero-order valence-corrected chi connectivity index (χ0v) is 11.9. The Hall–Kier alpha value is -2.04. The number of benzene rings is 1. The van der Waals surface area contributed by atoms with Gasteiger partial charge in [0, 0.05) is 18.8 Å². The second kappa shape index (κ2) is 6.93. The van der Waals surface area contributed by atoms with Crippen LogP contribution in [0.15, 0.2) is 29.4 Å². The van der Waals surface area contributed by atoms with E-state index in [1.54, 1.807) is 0 Å². The van der Waals surface area contributed by atoms with E-state index in [4.69, 9.17) is 5.73 Å². The molecule has 1 aliphatic heterocycles. The number of rotatable bonds is 3. The number of carbonyl (C=O) groups is 1. The lowest BCUT2D eigenvalue weighted by molar-refractivity contribution is 0.249. The molecule has 0 aliphatic carbocycles. The molecule has 1 aromatic carbocycles. The minimum atomic E-state index is -0.648. The monoisotopic (exact) mass is 274 g/mol. The smallest absolute Gasteiger partial charge is 0.332 e. The molecule has 0 aromatic heterocycles. The third kappa shape index (κ3) is 3.98. The number of carbonyl (C=O) groups excluding carboxylic acids is 1. The number of hydrogen-bond acceptors (Lipinski definition) is 3. The van der Waals surface area contributed by atoms with Crippen LogP contribution < -0.4 is 16.1 Å². The highest BCUT2D eigenvalue weighted by atomic mass is 16.2. The number of primary amides is 1. The van der Waals surface area contributed by atoms with Gasteiger partial charge < -0.3 is 10.6 Å². The first-order valence-electron chi connectivity index (χ1n) is 7.12. The first-order chi connectivity index (χ1) is 9.66. The summed E-state index contributed by atoms with van der Waals surface area (Å²) >= 11 is 0. The molecule has 1 fully saturated rings. The van der Waals surface area contributed by atoms with Crippen LogP contribution in [0.25, 0.3) is 0 Å². The maximum absolute atomic E-state index is 10.6. The van der Waals surface area contributed by atoms with Gasteiger partial charge in [-0.3, -0.25) is 0 Å². The normalized spacial score (nSPS) is 16.6. The zero-order valence-electron chi connectivity index (χ0n) is 11.9. The van der Waals surface area contributed by atoms with Crippen LogP contribution in [0.4, 0.5) is 10.5 Å². The molecule has 0 atom stereocenters. The van der Waals surface area contributed by atoms with E-state index in [2.05, 4.69) is 27.6 Å². The molecule has 1 heterocycles. The summed E-state index contributed by atoms with van der Waals surface area (Å²) in [5, 5.41) is 3.93. The number of anilines is 1. The van der Waals surface area contributed by atoms with Gasteiger partial charge in [-0.15, -0.1) is 0 Å². The van der Waals surface area contributed by atoms with Crippen LogP contribution in [0.3, 0.4) is 0 Å². The summed E-state index contributed by atoms with van der Waals surface area (Å²) in [4.78, 5) is 13.1. The molecule has 2 amide bonds. The number of urea groups is 1. The second-order valence-electron chi connectivity index (χ2n) is 5.12. The number of nitrogens with zero attached hydrogens (tertiary/aromatic N) is 2. The van der Waals surface area contributed by atoms with Crippen molar-refractivity contribution >= 4 is 17.4 Å². The molecular formula is C15H22N4O. The summed E-state index contributed by atoms with van der Waals surface area (Å²) in [5.41, 5.74) is 10.2. The molecule has 108 valence electrons. The number of nitrogens with one attached hydrogen (secondary N) is 1. The molecule has 0 saturated carbocycles. The van der Waals surface area contributed by atoms with Crippen molar-refractivity contribution in [3.8, 4) is 0 Å². The molecular weight excluding hydrogens is 252 g/mol. The van der Waals surface area contributed by atoms with E-state index < -0.39 is 6.03 Å². The Morgan fingerprint density at radius 3 is 2.30 bits per heavy atom. The Bertz CT molecular complexity index is 473. The molecule has 0 bridgehead atoms. The molecule has 1 saturated heterocycles. The van der Waals surface area contributed by atoms with Gasteiger partial charge in [0.15, 0.2) is 0 Å². The van der Waals surface area contributed by atoms with Crippen molar-refractivity contribution in [2.75, 3.05) is 18.0 Å². The number of amides is 2. The fourth-order valence-electron chi connectivity index (χ4n) is 2.45. The maximum atomic E-state index is 10.6. The Morgan fingerprint density at radius 2 is 1.75 bits per heavy atom. The predicted molar refractivity (Wildman–Crippen MR) is 82.1 cm³/mol. The summed E-state index contributed by atoms with van der Waals surface area (Å²) in [5.74, 6) is 0. The lowest BCUT2D eigenvalue weighted by Crippen LogP contribution is -2.25. The highest BCUT2D eigenvalue weighted by molar-refractivity contribution is 5.99. The predicted octanol–water partition coefficient (Wildman–Crippen LogP) is 2.46. The SMILES string of the molecule is C/C(=N\NC(N)=O)c1ccc(N2CCCCCC2)cc1. The van der Waals surface area contributed by atoms with Crippen molar-refractivity contribution in [3.63, 3.8) is 0 Å². The van der Waals surface area contributed by atoms with Crippen LogP contribution in [0, 0.1) is 0 Å². The van der Waals surface area contributed by atoms with Crippen LogP contribution in [0.2, 0.25) is 0 Å². The molecule has 0 spiro atoms. The number of nitrogens with two attached hydrogens (primary N) is 1. The summed E-state index contributed by atoms with van der Waals surface area (Å²) in [6.45, 7) is 4.11. The lowest BCUT2D eigenvalue weighted by Gasteiger charge is -2.22. The molecule has 3 N–H and O–H groups in total. The van der Waals surface area contributed by atoms with Gasteiger partial charge in [-0.1, -0.05) is 25.0 Å². The Balaban J connectivity index is 2.05. The third-order valence-electron chi connectivity index (χ3n) is 3.59. The average molecular weight is 274 g/mol. The Kier molecular flexibility index (Phi) is 4.98. The van der Waals surface area contributed by atoms with E-state index in [1.165, 1.54) is 31.4 Å². The highest BCUT2D eigenvalue weighted by Gasteiger charge is 2.09. The average Bonchev–Trinajstić information content (AvgIpc) is 2.74. The fourth-order valence-corrected chi connectivity index (χ4v) is 2.45. The van der Waals surface area contributed by atoms with Crippen LogP contribution in [-0.2, 0) is 0 Å². The van der Waals surface area contributed by atoms with E-state index in [1.807, 2.05) is 19.1 Å². The lowest BCUT2D eigenvalue weighted by atomic mass is 10.1. The molecule has 20 heavy (non-hydrogen) atoms. The minimum Gasteiger partial charge on any atom is -0.372 e. The zero-order chi connectivity index (χ0) is 14.4. The second-order valence-corrected chi connectivity index (χ2v) is 5.12.